The summed E-state index contributed by atoms with van der Waals surface area (Å²) in [7, 11) is 0. The molecule has 2 saturated heterocycles. The van der Waals surface area contributed by atoms with Crippen molar-refractivity contribution >= 4 is 23.2 Å². The van der Waals surface area contributed by atoms with Gasteiger partial charge < -0.3 is 19.9 Å². The van der Waals surface area contributed by atoms with E-state index in [0.29, 0.717) is 36.9 Å². The molecule has 0 bridgehead atoms. The van der Waals surface area contributed by atoms with E-state index in [9.17, 15) is 27.2 Å². The molecular weight excluding hydrogens is 370 g/mol. The Hall–Kier alpha value is -2.36. The predicted octanol–water partition coefficient (Wildman–Crippen LogP) is 2.15. The van der Waals surface area contributed by atoms with Crippen molar-refractivity contribution < 1.29 is 31.9 Å². The number of amides is 2. The number of benzene rings is 1. The lowest BCUT2D eigenvalue weighted by Crippen LogP contribution is -2.48. The van der Waals surface area contributed by atoms with Crippen molar-refractivity contribution in [3.05, 3.63) is 24.0 Å². The molecule has 0 aliphatic carbocycles. The minimum Gasteiger partial charge on any atom is -0.378 e. The van der Waals surface area contributed by atoms with Crippen molar-refractivity contribution in [2.24, 2.45) is 0 Å². The second kappa shape index (κ2) is 7.71. The fourth-order valence-electron chi connectivity index (χ4n) is 3.29. The van der Waals surface area contributed by atoms with E-state index in [1.807, 2.05) is 4.90 Å². The summed E-state index contributed by atoms with van der Waals surface area (Å²) in [5.41, 5.74) is 0.542. The molecule has 27 heavy (non-hydrogen) atoms. The van der Waals surface area contributed by atoms with Gasteiger partial charge in [-0.15, -0.1) is 0 Å². The van der Waals surface area contributed by atoms with Crippen LogP contribution in [0.2, 0.25) is 0 Å². The molecule has 0 radical (unpaired) electrons. The Bertz CT molecular complexity index is 720. The van der Waals surface area contributed by atoms with Gasteiger partial charge in [0.25, 0.3) is 0 Å². The first-order chi connectivity index (χ1) is 12.8. The largest absolute Gasteiger partial charge is 0.471 e. The molecule has 2 fully saturated rings. The van der Waals surface area contributed by atoms with Crippen LogP contribution in [0.4, 0.5) is 28.9 Å². The van der Waals surface area contributed by atoms with Crippen LogP contribution < -0.4 is 10.2 Å². The molecule has 0 saturated carbocycles. The molecule has 3 rings (SSSR count). The van der Waals surface area contributed by atoms with E-state index in [4.69, 9.17) is 4.74 Å². The number of hydrogen-bond donors (Lipinski definition) is 1. The van der Waals surface area contributed by atoms with Crippen molar-refractivity contribution in [1.82, 2.24) is 4.90 Å². The van der Waals surface area contributed by atoms with E-state index < -0.39 is 29.8 Å². The SMILES string of the molecule is O=C(Nc1cc(N2CCOCC2)ccc1F)C1CCCN1C(=O)C(F)(F)F. The maximum Gasteiger partial charge on any atom is 0.471 e. The van der Waals surface area contributed by atoms with E-state index in [0.717, 1.165) is 0 Å². The maximum atomic E-state index is 14.1. The van der Waals surface area contributed by atoms with Crippen molar-refractivity contribution in [3.63, 3.8) is 0 Å². The molecule has 1 atom stereocenters. The number of nitrogens with one attached hydrogen (secondary N) is 1. The first kappa shape index (κ1) is 19.4. The lowest BCUT2D eigenvalue weighted by atomic mass is 10.2. The topological polar surface area (TPSA) is 61.9 Å². The molecule has 2 heterocycles. The second-order valence-corrected chi connectivity index (χ2v) is 6.41. The van der Waals surface area contributed by atoms with E-state index >= 15 is 0 Å². The van der Waals surface area contributed by atoms with Gasteiger partial charge in [-0.2, -0.15) is 13.2 Å². The average Bonchev–Trinajstić information content (AvgIpc) is 3.12. The van der Waals surface area contributed by atoms with Gasteiger partial charge in [0.05, 0.1) is 18.9 Å². The molecule has 2 amide bonds. The highest BCUT2D eigenvalue weighted by Gasteiger charge is 2.47. The van der Waals surface area contributed by atoms with Crippen molar-refractivity contribution in [1.29, 1.82) is 0 Å². The third-order valence-corrected chi connectivity index (χ3v) is 4.64. The van der Waals surface area contributed by atoms with Crippen LogP contribution in [0.1, 0.15) is 12.8 Å². The molecule has 148 valence electrons. The Morgan fingerprint density at radius 1 is 1.15 bits per heavy atom. The Kier molecular flexibility index (Phi) is 5.54. The number of anilines is 2. The van der Waals surface area contributed by atoms with Gasteiger partial charge >= 0.3 is 12.1 Å². The average molecular weight is 389 g/mol. The van der Waals surface area contributed by atoms with Gasteiger partial charge in [0, 0.05) is 25.3 Å². The number of halogens is 4. The summed E-state index contributed by atoms with van der Waals surface area (Å²) in [5.74, 6) is -3.59. The predicted molar refractivity (Wildman–Crippen MR) is 88.9 cm³/mol. The third kappa shape index (κ3) is 4.32. The van der Waals surface area contributed by atoms with Crippen LogP contribution in [0.5, 0.6) is 0 Å². The molecular formula is C17H19F4N3O3. The lowest BCUT2D eigenvalue weighted by molar-refractivity contribution is -0.186. The standard InChI is InChI=1S/C17H19F4N3O3/c18-12-4-3-11(23-6-8-27-9-7-23)10-13(12)22-15(25)14-2-1-5-24(14)16(26)17(19,20)21/h3-4,10,14H,1-2,5-9H2,(H,22,25). The Balaban J connectivity index is 1.74. The Labute approximate surface area is 153 Å². The number of nitrogens with zero attached hydrogens (tertiary/aromatic N) is 2. The van der Waals surface area contributed by atoms with Crippen LogP contribution in [0.15, 0.2) is 18.2 Å². The number of rotatable bonds is 3. The van der Waals surface area contributed by atoms with E-state index in [2.05, 4.69) is 5.32 Å². The summed E-state index contributed by atoms with van der Waals surface area (Å²) < 4.78 is 57.4. The summed E-state index contributed by atoms with van der Waals surface area (Å²) in [6.45, 7) is 2.10. The zero-order valence-electron chi connectivity index (χ0n) is 14.4. The Morgan fingerprint density at radius 3 is 2.52 bits per heavy atom. The number of ether oxygens (including phenoxy) is 1. The molecule has 0 spiro atoms. The van der Waals surface area contributed by atoms with Gasteiger partial charge in [-0.05, 0) is 31.0 Å². The second-order valence-electron chi connectivity index (χ2n) is 6.41. The smallest absolute Gasteiger partial charge is 0.378 e. The van der Waals surface area contributed by atoms with Gasteiger partial charge in [-0.25, -0.2) is 4.39 Å². The number of carbonyl (C=O) groups is 2. The summed E-state index contributed by atoms with van der Waals surface area (Å²) >= 11 is 0. The van der Waals surface area contributed by atoms with E-state index in [-0.39, 0.29) is 25.1 Å². The highest BCUT2D eigenvalue weighted by atomic mass is 19.4. The van der Waals surface area contributed by atoms with Gasteiger partial charge in [-0.3, -0.25) is 9.59 Å². The molecule has 10 heteroatoms. The van der Waals surface area contributed by atoms with Gasteiger partial charge in [0.2, 0.25) is 5.91 Å². The number of morpholine rings is 1. The van der Waals surface area contributed by atoms with Crippen molar-refractivity contribution in [2.45, 2.75) is 25.1 Å². The minimum atomic E-state index is -5.05. The van der Waals surface area contributed by atoms with Crippen LogP contribution in [0.25, 0.3) is 0 Å². The highest BCUT2D eigenvalue weighted by Crippen LogP contribution is 2.28. The lowest BCUT2D eigenvalue weighted by Gasteiger charge is -2.29. The number of alkyl halides is 3. The first-order valence-corrected chi connectivity index (χ1v) is 8.58. The third-order valence-electron chi connectivity index (χ3n) is 4.64. The monoisotopic (exact) mass is 389 g/mol. The molecule has 1 aromatic rings. The van der Waals surface area contributed by atoms with Gasteiger partial charge in [-0.1, -0.05) is 0 Å². The van der Waals surface area contributed by atoms with Crippen LogP contribution in [-0.2, 0) is 14.3 Å². The molecule has 0 aromatic heterocycles. The molecule has 6 nitrogen and oxygen atoms in total. The van der Waals surface area contributed by atoms with E-state index in [1.54, 1.807) is 6.07 Å². The van der Waals surface area contributed by atoms with Crippen molar-refractivity contribution in [3.8, 4) is 0 Å². The summed E-state index contributed by atoms with van der Waals surface area (Å²) in [5, 5.41) is 2.33. The number of carbonyl (C=O) groups excluding carboxylic acids is 2. The molecule has 1 N–H and O–H groups in total. The normalized spacial score (nSPS) is 20.7. The molecule has 1 aromatic carbocycles. The van der Waals surface area contributed by atoms with Crippen LogP contribution in [0.3, 0.4) is 0 Å². The van der Waals surface area contributed by atoms with Gasteiger partial charge in [0.15, 0.2) is 0 Å². The molecule has 2 aliphatic rings. The highest BCUT2D eigenvalue weighted by molar-refractivity contribution is 5.98. The van der Waals surface area contributed by atoms with Crippen LogP contribution >= 0.6 is 0 Å². The zero-order valence-corrected chi connectivity index (χ0v) is 14.4. The number of likely N-dealkylation sites (tertiary alicyclic amines) is 1. The molecule has 2 aliphatic heterocycles. The van der Waals surface area contributed by atoms with Crippen LogP contribution in [0, 0.1) is 5.82 Å². The summed E-state index contributed by atoms with van der Waals surface area (Å²) in [6.07, 6.45) is -4.68. The van der Waals surface area contributed by atoms with E-state index in [1.165, 1.54) is 12.1 Å². The van der Waals surface area contributed by atoms with Crippen molar-refractivity contribution in [2.75, 3.05) is 43.1 Å². The van der Waals surface area contributed by atoms with Crippen LogP contribution in [-0.4, -0.2) is 61.8 Å². The zero-order chi connectivity index (χ0) is 19.6. The Morgan fingerprint density at radius 2 is 1.85 bits per heavy atom. The quantitative estimate of drug-likeness (QED) is 0.805. The molecule has 1 unspecified atom stereocenters. The summed E-state index contributed by atoms with van der Waals surface area (Å²) in [4.78, 5) is 26.4. The summed E-state index contributed by atoms with van der Waals surface area (Å²) in [6, 6.07) is 2.91. The first-order valence-electron chi connectivity index (χ1n) is 8.58. The maximum absolute atomic E-state index is 14.1. The fourth-order valence-corrected chi connectivity index (χ4v) is 3.29. The van der Waals surface area contributed by atoms with Gasteiger partial charge in [0.1, 0.15) is 11.9 Å². The number of hydrogen-bond acceptors (Lipinski definition) is 4. The fraction of sp³-hybridized carbons (Fsp3) is 0.529. The minimum absolute atomic E-state index is 0.0957.